The Morgan fingerprint density at radius 1 is 1.75 bits per heavy atom. The van der Waals surface area contributed by atoms with Crippen LogP contribution in [0.25, 0.3) is 0 Å². The lowest BCUT2D eigenvalue weighted by Gasteiger charge is -2.25. The highest BCUT2D eigenvalue weighted by Crippen LogP contribution is 2.37. The van der Waals surface area contributed by atoms with Gasteiger partial charge in [-0.1, -0.05) is 42.0 Å². The zero-order valence-corrected chi connectivity index (χ0v) is 9.14. The summed E-state index contributed by atoms with van der Waals surface area (Å²) in [6, 6.07) is 0. The van der Waals surface area contributed by atoms with Crippen molar-refractivity contribution in [3.8, 4) is 0 Å². The van der Waals surface area contributed by atoms with Gasteiger partial charge >= 0.3 is 0 Å². The van der Waals surface area contributed by atoms with Gasteiger partial charge in [0.1, 0.15) is 5.76 Å². The van der Waals surface area contributed by atoms with Crippen molar-refractivity contribution in [3.05, 3.63) is 23.7 Å². The molecule has 1 unspecified atom stereocenters. The first-order valence-electron chi connectivity index (χ1n) is 4.03. The molecule has 0 aromatic heterocycles. The van der Waals surface area contributed by atoms with Crippen LogP contribution < -0.4 is 0 Å². The van der Waals surface area contributed by atoms with Crippen molar-refractivity contribution in [1.82, 2.24) is 0 Å². The number of halogens is 2. The van der Waals surface area contributed by atoms with Gasteiger partial charge in [0.15, 0.2) is 5.83 Å². The zero-order valence-electron chi connectivity index (χ0n) is 6.98. The molecule has 0 fully saturated rings. The lowest BCUT2D eigenvalue weighted by atomic mass is 9.94. The second-order valence-corrected chi connectivity index (χ2v) is 5.24. The highest BCUT2D eigenvalue weighted by atomic mass is 127. The van der Waals surface area contributed by atoms with Gasteiger partial charge in [0.05, 0.1) is 0 Å². The molecule has 0 aromatic carbocycles. The summed E-state index contributed by atoms with van der Waals surface area (Å²) in [6.07, 6.45) is 5.64. The maximum absolute atomic E-state index is 12.7. The van der Waals surface area contributed by atoms with E-state index in [1.165, 1.54) is 6.08 Å². The molecule has 68 valence electrons. The molecule has 0 saturated heterocycles. The molecule has 1 N–H and O–H groups in total. The SMILES string of the molecule is CCCC1(I)C=CC(F)=C(O)C1. The minimum Gasteiger partial charge on any atom is -0.509 e. The van der Waals surface area contributed by atoms with Crippen LogP contribution in [0.2, 0.25) is 0 Å². The maximum Gasteiger partial charge on any atom is 0.160 e. The zero-order chi connectivity index (χ0) is 9.19. The van der Waals surface area contributed by atoms with E-state index in [1.807, 2.05) is 6.08 Å². The predicted octanol–water partition coefficient (Wildman–Crippen LogP) is 3.66. The third-order valence-electron chi connectivity index (χ3n) is 1.93. The Bertz CT molecular complexity index is 235. The van der Waals surface area contributed by atoms with Gasteiger partial charge in [0, 0.05) is 9.84 Å². The van der Waals surface area contributed by atoms with Crippen molar-refractivity contribution >= 4 is 22.6 Å². The Labute approximate surface area is 85.5 Å². The van der Waals surface area contributed by atoms with Crippen molar-refractivity contribution in [1.29, 1.82) is 0 Å². The molecule has 1 atom stereocenters. The molecule has 3 heteroatoms. The summed E-state index contributed by atoms with van der Waals surface area (Å²) >= 11 is 2.27. The van der Waals surface area contributed by atoms with Crippen LogP contribution in [0.5, 0.6) is 0 Å². The lowest BCUT2D eigenvalue weighted by Crippen LogP contribution is -2.20. The molecule has 0 bridgehead atoms. The molecule has 1 rings (SSSR count). The Morgan fingerprint density at radius 3 is 2.92 bits per heavy atom. The minimum atomic E-state index is -0.488. The van der Waals surface area contributed by atoms with Crippen LogP contribution in [0.3, 0.4) is 0 Å². The molecule has 0 saturated carbocycles. The summed E-state index contributed by atoms with van der Waals surface area (Å²) in [7, 11) is 0. The number of aliphatic hydroxyl groups is 1. The first-order chi connectivity index (χ1) is 5.57. The van der Waals surface area contributed by atoms with E-state index in [2.05, 4.69) is 29.5 Å². The quantitative estimate of drug-likeness (QED) is 0.605. The van der Waals surface area contributed by atoms with E-state index >= 15 is 0 Å². The summed E-state index contributed by atoms with van der Waals surface area (Å²) in [4.78, 5) is 0. The number of rotatable bonds is 2. The molecule has 12 heavy (non-hydrogen) atoms. The van der Waals surface area contributed by atoms with Crippen LogP contribution in [0.4, 0.5) is 4.39 Å². The van der Waals surface area contributed by atoms with Crippen molar-refractivity contribution in [2.75, 3.05) is 0 Å². The van der Waals surface area contributed by atoms with E-state index < -0.39 is 5.83 Å². The summed E-state index contributed by atoms with van der Waals surface area (Å²) < 4.78 is 12.6. The Balaban J connectivity index is 2.72. The number of aliphatic hydroxyl groups excluding tert-OH is 1. The second-order valence-electron chi connectivity index (χ2n) is 3.09. The van der Waals surface area contributed by atoms with Gasteiger partial charge in [-0.15, -0.1) is 0 Å². The Kier molecular flexibility index (Phi) is 3.15. The Hall–Kier alpha value is -0.0600. The molecule has 1 aliphatic rings. The van der Waals surface area contributed by atoms with Crippen molar-refractivity contribution in [3.63, 3.8) is 0 Å². The van der Waals surface area contributed by atoms with Crippen LogP contribution in [-0.2, 0) is 0 Å². The number of hydrogen-bond acceptors (Lipinski definition) is 1. The average molecular weight is 282 g/mol. The number of hydrogen-bond donors (Lipinski definition) is 1. The lowest BCUT2D eigenvalue weighted by molar-refractivity contribution is 0.346. The van der Waals surface area contributed by atoms with Crippen molar-refractivity contribution in [2.45, 2.75) is 29.6 Å². The topological polar surface area (TPSA) is 20.2 Å². The van der Waals surface area contributed by atoms with E-state index in [4.69, 9.17) is 0 Å². The molecular formula is C9H12FIO. The van der Waals surface area contributed by atoms with Crippen LogP contribution in [0.15, 0.2) is 23.7 Å². The Morgan fingerprint density at radius 2 is 2.42 bits per heavy atom. The van der Waals surface area contributed by atoms with Gasteiger partial charge in [-0.25, -0.2) is 4.39 Å². The molecular weight excluding hydrogens is 270 g/mol. The highest BCUT2D eigenvalue weighted by Gasteiger charge is 2.28. The van der Waals surface area contributed by atoms with Gasteiger partial charge < -0.3 is 5.11 Å². The molecule has 1 nitrogen and oxygen atoms in total. The fourth-order valence-electron chi connectivity index (χ4n) is 1.33. The highest BCUT2D eigenvalue weighted by molar-refractivity contribution is 14.1. The predicted molar refractivity (Wildman–Crippen MR) is 56.2 cm³/mol. The normalized spacial score (nSPS) is 29.6. The average Bonchev–Trinajstić information content (AvgIpc) is 1.98. The third-order valence-corrected chi connectivity index (χ3v) is 3.21. The third kappa shape index (κ3) is 2.21. The van der Waals surface area contributed by atoms with Crippen molar-refractivity contribution < 1.29 is 9.50 Å². The van der Waals surface area contributed by atoms with Gasteiger partial charge in [0.25, 0.3) is 0 Å². The summed E-state index contributed by atoms with van der Waals surface area (Å²) in [5.41, 5.74) is 0. The van der Waals surface area contributed by atoms with E-state index in [9.17, 15) is 9.50 Å². The molecule has 0 spiro atoms. The second kappa shape index (κ2) is 3.77. The van der Waals surface area contributed by atoms with Crippen molar-refractivity contribution in [2.24, 2.45) is 0 Å². The van der Waals surface area contributed by atoms with Crippen LogP contribution in [0, 0.1) is 0 Å². The molecule has 0 amide bonds. The van der Waals surface area contributed by atoms with Gasteiger partial charge in [-0.2, -0.15) is 0 Å². The fraction of sp³-hybridized carbons (Fsp3) is 0.556. The standard InChI is InChI=1S/C9H12FIO/c1-2-4-9(11)5-3-7(10)8(12)6-9/h3,5,12H,2,4,6H2,1H3. The molecule has 0 heterocycles. The van der Waals surface area contributed by atoms with E-state index in [1.54, 1.807) is 0 Å². The van der Waals surface area contributed by atoms with E-state index in [-0.39, 0.29) is 9.18 Å². The molecule has 0 radical (unpaired) electrons. The smallest absolute Gasteiger partial charge is 0.160 e. The maximum atomic E-state index is 12.7. The van der Waals surface area contributed by atoms with Gasteiger partial charge in [-0.3, -0.25) is 0 Å². The fourth-order valence-corrected chi connectivity index (χ4v) is 2.41. The number of allylic oxidation sites excluding steroid dienone is 4. The first-order valence-corrected chi connectivity index (χ1v) is 5.11. The van der Waals surface area contributed by atoms with Gasteiger partial charge in [-0.05, 0) is 12.5 Å². The van der Waals surface area contributed by atoms with Crippen LogP contribution in [0.1, 0.15) is 26.2 Å². The monoisotopic (exact) mass is 282 g/mol. The first kappa shape index (κ1) is 10.0. The van der Waals surface area contributed by atoms with Gasteiger partial charge in [0.2, 0.25) is 0 Å². The van der Waals surface area contributed by atoms with E-state index in [0.29, 0.717) is 6.42 Å². The largest absolute Gasteiger partial charge is 0.509 e. The molecule has 1 aliphatic carbocycles. The number of alkyl halides is 1. The van der Waals surface area contributed by atoms with Crippen LogP contribution in [-0.4, -0.2) is 8.53 Å². The summed E-state index contributed by atoms with van der Waals surface area (Å²) in [5.74, 6) is -0.598. The summed E-state index contributed by atoms with van der Waals surface area (Å²) in [5, 5.41) is 9.19. The summed E-state index contributed by atoms with van der Waals surface area (Å²) in [6.45, 7) is 2.08. The minimum absolute atomic E-state index is 0.0772. The van der Waals surface area contributed by atoms with Crippen LogP contribution >= 0.6 is 22.6 Å². The van der Waals surface area contributed by atoms with E-state index in [0.717, 1.165) is 12.8 Å². The molecule has 0 aromatic rings. The molecule has 0 aliphatic heterocycles.